The molecule has 53 heavy (non-hydrogen) atoms. The first-order chi connectivity index (χ1) is 26.0. The van der Waals surface area contributed by atoms with Gasteiger partial charge in [0, 0.05) is 32.7 Å². The number of furan rings is 2. The highest BCUT2D eigenvalue weighted by Crippen LogP contribution is 2.52. The molecule has 0 bridgehead atoms. The highest BCUT2D eigenvalue weighted by atomic mass is 16.3. The van der Waals surface area contributed by atoms with Crippen LogP contribution in [-0.2, 0) is 5.41 Å². The van der Waals surface area contributed by atoms with Crippen molar-refractivity contribution in [1.82, 2.24) is 9.97 Å². The molecule has 0 saturated heterocycles. The summed E-state index contributed by atoms with van der Waals surface area (Å²) in [4.78, 5) is 10.4. The second-order valence-corrected chi connectivity index (χ2v) is 14.5. The SMILES string of the molecule is CC1(C)c2ccccc2-c2c(-c3ccc4oc5cccc(-c6nc(-c7ccccc7)nc7c6oc6ccc(-c8ccccc8)cc67)c5c4c3)cccc21. The molecule has 3 aromatic heterocycles. The Hall–Kier alpha value is -6.78. The molecule has 11 rings (SSSR count). The standard InChI is InChI=1S/C49H32N2O2/c1-49(2)38-20-10-9-17-34(38)43-33(18-11-21-39(43)49)32-24-26-40-36(28-32)44-35(19-12-22-42(44)52-40)45-47-46(51-48(50-45)30-15-7-4-8-16-30)37-27-31(23-25-41(37)53-47)29-13-5-3-6-14-29/h3-28H,1-2H3. The molecule has 0 radical (unpaired) electrons. The first-order valence-corrected chi connectivity index (χ1v) is 18.1. The van der Waals surface area contributed by atoms with E-state index in [0.717, 1.165) is 71.9 Å². The maximum absolute atomic E-state index is 6.70. The zero-order chi connectivity index (χ0) is 35.3. The Morgan fingerprint density at radius 2 is 1.09 bits per heavy atom. The number of benzene rings is 7. The van der Waals surface area contributed by atoms with Crippen LogP contribution in [0.4, 0.5) is 0 Å². The number of rotatable bonds is 4. The Morgan fingerprint density at radius 3 is 1.92 bits per heavy atom. The summed E-state index contributed by atoms with van der Waals surface area (Å²) in [6, 6.07) is 55.3. The molecule has 250 valence electrons. The molecular weight excluding hydrogens is 649 g/mol. The fourth-order valence-electron chi connectivity index (χ4n) is 8.54. The van der Waals surface area contributed by atoms with E-state index in [-0.39, 0.29) is 5.41 Å². The maximum Gasteiger partial charge on any atom is 0.180 e. The number of hydrogen-bond donors (Lipinski definition) is 0. The molecule has 0 saturated carbocycles. The van der Waals surface area contributed by atoms with Crippen LogP contribution in [0.15, 0.2) is 167 Å². The second-order valence-electron chi connectivity index (χ2n) is 14.5. The molecule has 0 aliphatic heterocycles. The van der Waals surface area contributed by atoms with Crippen LogP contribution in [0.2, 0.25) is 0 Å². The molecule has 10 aromatic rings. The van der Waals surface area contributed by atoms with Crippen molar-refractivity contribution in [1.29, 1.82) is 0 Å². The summed E-state index contributed by atoms with van der Waals surface area (Å²) in [6.45, 7) is 4.65. The van der Waals surface area contributed by atoms with E-state index in [1.165, 1.54) is 27.8 Å². The van der Waals surface area contributed by atoms with Gasteiger partial charge in [0.05, 0.1) is 0 Å². The second kappa shape index (κ2) is 11.1. The minimum absolute atomic E-state index is 0.0785. The van der Waals surface area contributed by atoms with Crippen LogP contribution in [-0.4, -0.2) is 9.97 Å². The zero-order valence-corrected chi connectivity index (χ0v) is 29.2. The van der Waals surface area contributed by atoms with Crippen molar-refractivity contribution in [2.24, 2.45) is 0 Å². The third-order valence-corrected chi connectivity index (χ3v) is 11.1. The van der Waals surface area contributed by atoms with Gasteiger partial charge in [0.15, 0.2) is 11.4 Å². The largest absolute Gasteiger partial charge is 0.456 e. The predicted molar refractivity (Wildman–Crippen MR) is 216 cm³/mol. The van der Waals surface area contributed by atoms with E-state index >= 15 is 0 Å². The van der Waals surface area contributed by atoms with Crippen LogP contribution in [0.3, 0.4) is 0 Å². The minimum atomic E-state index is -0.0785. The van der Waals surface area contributed by atoms with Crippen LogP contribution >= 0.6 is 0 Å². The van der Waals surface area contributed by atoms with Gasteiger partial charge in [-0.2, -0.15) is 0 Å². The molecule has 7 aromatic carbocycles. The lowest BCUT2D eigenvalue weighted by Crippen LogP contribution is -2.14. The van der Waals surface area contributed by atoms with E-state index in [4.69, 9.17) is 18.8 Å². The topological polar surface area (TPSA) is 52.1 Å². The van der Waals surface area contributed by atoms with Crippen LogP contribution in [0.1, 0.15) is 25.0 Å². The summed E-state index contributed by atoms with van der Waals surface area (Å²) in [5, 5.41) is 2.99. The average Bonchev–Trinajstić information content (AvgIpc) is 3.85. The number of aromatic nitrogens is 2. The predicted octanol–water partition coefficient (Wildman–Crippen LogP) is 13.2. The van der Waals surface area contributed by atoms with E-state index in [0.29, 0.717) is 11.4 Å². The fourth-order valence-corrected chi connectivity index (χ4v) is 8.54. The Bertz CT molecular complexity index is 3080. The number of nitrogens with zero attached hydrogens (tertiary/aromatic N) is 2. The summed E-state index contributed by atoms with van der Waals surface area (Å²) in [6.07, 6.45) is 0. The van der Waals surface area contributed by atoms with Crippen LogP contribution < -0.4 is 0 Å². The monoisotopic (exact) mass is 680 g/mol. The van der Waals surface area contributed by atoms with Crippen LogP contribution in [0.5, 0.6) is 0 Å². The first kappa shape index (κ1) is 29.9. The summed E-state index contributed by atoms with van der Waals surface area (Å²) >= 11 is 0. The highest BCUT2D eigenvalue weighted by molar-refractivity contribution is 6.17. The van der Waals surface area contributed by atoms with E-state index in [2.05, 4.69) is 129 Å². The van der Waals surface area contributed by atoms with Gasteiger partial charge >= 0.3 is 0 Å². The third-order valence-electron chi connectivity index (χ3n) is 11.1. The van der Waals surface area contributed by atoms with Gasteiger partial charge in [-0.15, -0.1) is 0 Å². The van der Waals surface area contributed by atoms with Crippen LogP contribution in [0.25, 0.3) is 100 Å². The van der Waals surface area contributed by atoms with Gasteiger partial charge in [-0.05, 0) is 74.8 Å². The minimum Gasteiger partial charge on any atom is -0.456 e. The highest BCUT2D eigenvalue weighted by Gasteiger charge is 2.36. The molecule has 0 amide bonds. The van der Waals surface area contributed by atoms with Gasteiger partial charge in [0.1, 0.15) is 28.0 Å². The average molecular weight is 681 g/mol. The van der Waals surface area contributed by atoms with Gasteiger partial charge in [0.2, 0.25) is 0 Å². The van der Waals surface area contributed by atoms with E-state index in [1.807, 2.05) is 42.5 Å². The summed E-state index contributed by atoms with van der Waals surface area (Å²) in [5.74, 6) is 0.646. The molecule has 3 heterocycles. The Balaban J connectivity index is 1.17. The normalized spacial score (nSPS) is 13.2. The van der Waals surface area contributed by atoms with E-state index in [9.17, 15) is 0 Å². The molecule has 1 aliphatic rings. The Kier molecular flexibility index (Phi) is 6.27. The van der Waals surface area contributed by atoms with E-state index < -0.39 is 0 Å². The van der Waals surface area contributed by atoms with Crippen molar-refractivity contribution in [2.45, 2.75) is 19.3 Å². The zero-order valence-electron chi connectivity index (χ0n) is 29.2. The van der Waals surface area contributed by atoms with Crippen molar-refractivity contribution in [3.8, 4) is 56.0 Å². The third kappa shape index (κ3) is 4.42. The lowest BCUT2D eigenvalue weighted by Gasteiger charge is -2.21. The molecular formula is C49H32N2O2. The first-order valence-electron chi connectivity index (χ1n) is 18.1. The molecule has 1 aliphatic carbocycles. The smallest absolute Gasteiger partial charge is 0.180 e. The summed E-state index contributed by atoms with van der Waals surface area (Å²) < 4.78 is 13.3. The Labute approximate surface area is 306 Å². The van der Waals surface area contributed by atoms with Gasteiger partial charge in [0.25, 0.3) is 0 Å². The van der Waals surface area contributed by atoms with Gasteiger partial charge < -0.3 is 8.83 Å². The molecule has 0 fully saturated rings. The van der Waals surface area contributed by atoms with Crippen molar-refractivity contribution in [3.63, 3.8) is 0 Å². The summed E-state index contributed by atoms with van der Waals surface area (Å²) in [7, 11) is 0. The number of fused-ring (bicyclic) bond motifs is 9. The summed E-state index contributed by atoms with van der Waals surface area (Å²) in [5.41, 5.74) is 16.3. The van der Waals surface area contributed by atoms with Gasteiger partial charge in [-0.1, -0.05) is 141 Å². The molecule has 0 unspecified atom stereocenters. The van der Waals surface area contributed by atoms with Crippen molar-refractivity contribution in [3.05, 3.63) is 169 Å². The van der Waals surface area contributed by atoms with Crippen molar-refractivity contribution >= 4 is 44.0 Å². The quantitative estimate of drug-likeness (QED) is 0.186. The van der Waals surface area contributed by atoms with Crippen LogP contribution in [0, 0.1) is 0 Å². The molecule has 0 spiro atoms. The maximum atomic E-state index is 6.70. The number of hydrogen-bond acceptors (Lipinski definition) is 4. The van der Waals surface area contributed by atoms with Gasteiger partial charge in [-0.3, -0.25) is 0 Å². The molecule has 0 N–H and O–H groups in total. The lowest BCUT2D eigenvalue weighted by molar-refractivity contribution is 0.660. The van der Waals surface area contributed by atoms with Crippen molar-refractivity contribution in [2.75, 3.05) is 0 Å². The fraction of sp³-hybridized carbons (Fsp3) is 0.0612. The molecule has 0 atom stereocenters. The lowest BCUT2D eigenvalue weighted by atomic mass is 9.82. The molecule has 4 nitrogen and oxygen atoms in total. The Morgan fingerprint density at radius 1 is 0.453 bits per heavy atom. The van der Waals surface area contributed by atoms with E-state index in [1.54, 1.807) is 0 Å². The van der Waals surface area contributed by atoms with Gasteiger partial charge in [-0.25, -0.2) is 9.97 Å². The van der Waals surface area contributed by atoms with Crippen molar-refractivity contribution < 1.29 is 8.83 Å². The molecule has 4 heteroatoms.